The summed E-state index contributed by atoms with van der Waals surface area (Å²) in [5.74, 6) is -0.0391. The standard InChI is InChI=1S/C59H113NO5/c1-3-5-7-9-11-13-15-16-26-30-33-37-41-45-49-53-59(64)65-54-50-46-42-38-34-31-28-25-23-21-19-17-18-20-22-24-27-29-32-36-40-44-48-52-58(63)60-56(55-61)57(62)51-47-43-39-35-14-12-10-8-6-4-2/h16,20,22,26,56-57,61-62H,3-15,17-19,21,23-25,27-55H2,1-2H3,(H,60,63)/b22-20-,26-16-. The van der Waals surface area contributed by atoms with Crippen molar-refractivity contribution < 1.29 is 24.5 Å². The van der Waals surface area contributed by atoms with Crippen LogP contribution in [0.25, 0.3) is 0 Å². The molecular formula is C59H113NO5. The first-order chi connectivity index (χ1) is 32.0. The predicted molar refractivity (Wildman–Crippen MR) is 283 cm³/mol. The number of amides is 1. The van der Waals surface area contributed by atoms with E-state index in [2.05, 4.69) is 43.5 Å². The summed E-state index contributed by atoms with van der Waals surface area (Å²) in [4.78, 5) is 24.5. The van der Waals surface area contributed by atoms with Crippen molar-refractivity contribution >= 4 is 11.9 Å². The van der Waals surface area contributed by atoms with Crippen LogP contribution in [0.4, 0.5) is 0 Å². The third-order valence-corrected chi connectivity index (χ3v) is 13.5. The van der Waals surface area contributed by atoms with Gasteiger partial charge in [0.05, 0.1) is 25.4 Å². The second-order valence-electron chi connectivity index (χ2n) is 20.0. The Kier molecular flexibility index (Phi) is 53.5. The molecule has 384 valence electrons. The summed E-state index contributed by atoms with van der Waals surface area (Å²) in [5, 5.41) is 23.1. The second-order valence-corrected chi connectivity index (χ2v) is 20.0. The van der Waals surface area contributed by atoms with Gasteiger partial charge >= 0.3 is 5.97 Å². The number of nitrogens with one attached hydrogen (secondary N) is 1. The zero-order chi connectivity index (χ0) is 47.2. The molecule has 0 aliphatic rings. The van der Waals surface area contributed by atoms with Gasteiger partial charge in [-0.05, 0) is 77.0 Å². The molecule has 0 heterocycles. The fourth-order valence-corrected chi connectivity index (χ4v) is 8.98. The minimum atomic E-state index is -0.666. The Balaban J connectivity index is 3.38. The number of ether oxygens (including phenoxy) is 1. The lowest BCUT2D eigenvalue weighted by Gasteiger charge is -2.22. The lowest BCUT2D eigenvalue weighted by Crippen LogP contribution is -2.45. The van der Waals surface area contributed by atoms with Crippen LogP contribution in [0, 0.1) is 0 Å². The van der Waals surface area contributed by atoms with E-state index < -0.39 is 12.1 Å². The first kappa shape index (κ1) is 63.3. The van der Waals surface area contributed by atoms with Crippen LogP contribution < -0.4 is 5.32 Å². The van der Waals surface area contributed by atoms with Gasteiger partial charge in [0, 0.05) is 12.8 Å². The van der Waals surface area contributed by atoms with Crippen molar-refractivity contribution in [2.24, 2.45) is 0 Å². The lowest BCUT2D eigenvalue weighted by molar-refractivity contribution is -0.143. The van der Waals surface area contributed by atoms with Gasteiger partial charge in [0.2, 0.25) is 5.91 Å². The molecule has 0 bridgehead atoms. The molecule has 0 aliphatic heterocycles. The molecule has 0 fully saturated rings. The molecule has 0 aromatic carbocycles. The molecule has 1 amide bonds. The first-order valence-corrected chi connectivity index (χ1v) is 29.1. The van der Waals surface area contributed by atoms with Gasteiger partial charge in [-0.15, -0.1) is 0 Å². The first-order valence-electron chi connectivity index (χ1n) is 29.1. The van der Waals surface area contributed by atoms with Crippen LogP contribution in [0.5, 0.6) is 0 Å². The maximum Gasteiger partial charge on any atom is 0.305 e. The third kappa shape index (κ3) is 51.6. The van der Waals surface area contributed by atoms with Gasteiger partial charge < -0.3 is 20.3 Å². The van der Waals surface area contributed by atoms with Gasteiger partial charge in [-0.1, -0.05) is 250 Å². The Morgan fingerprint density at radius 3 is 1.09 bits per heavy atom. The SMILES string of the molecule is CCCCCCCC/C=C\CCCCCCCC(=O)OCCCCCCCCCCCCCC/C=C\CCCCCCCCCC(=O)NC(CO)C(O)CCCCCCCCCCCC. The fourth-order valence-electron chi connectivity index (χ4n) is 8.98. The van der Waals surface area contributed by atoms with E-state index in [9.17, 15) is 19.8 Å². The Hall–Kier alpha value is -1.66. The number of esters is 1. The van der Waals surface area contributed by atoms with Gasteiger partial charge in [0.1, 0.15) is 0 Å². The number of hydrogen-bond acceptors (Lipinski definition) is 5. The maximum atomic E-state index is 12.4. The molecule has 0 spiro atoms. The minimum Gasteiger partial charge on any atom is -0.466 e. The average molecular weight is 917 g/mol. The zero-order valence-corrected chi connectivity index (χ0v) is 43.7. The van der Waals surface area contributed by atoms with Crippen LogP contribution in [0.2, 0.25) is 0 Å². The van der Waals surface area contributed by atoms with E-state index in [0.717, 1.165) is 44.9 Å². The second kappa shape index (κ2) is 54.9. The van der Waals surface area contributed by atoms with E-state index in [4.69, 9.17) is 4.74 Å². The normalized spacial score (nSPS) is 12.7. The molecule has 0 saturated carbocycles. The van der Waals surface area contributed by atoms with Crippen molar-refractivity contribution in [3.63, 3.8) is 0 Å². The predicted octanol–water partition coefficient (Wildman–Crippen LogP) is 17.9. The highest BCUT2D eigenvalue weighted by atomic mass is 16.5. The van der Waals surface area contributed by atoms with Crippen LogP contribution in [0.15, 0.2) is 24.3 Å². The highest BCUT2D eigenvalue weighted by molar-refractivity contribution is 5.76. The quantitative estimate of drug-likeness (QED) is 0.0321. The molecule has 6 nitrogen and oxygen atoms in total. The summed E-state index contributed by atoms with van der Waals surface area (Å²) < 4.78 is 5.48. The van der Waals surface area contributed by atoms with E-state index in [1.54, 1.807) is 0 Å². The number of allylic oxidation sites excluding steroid dienone is 4. The molecule has 65 heavy (non-hydrogen) atoms. The summed E-state index contributed by atoms with van der Waals surface area (Å²) in [6.07, 6.45) is 66.1. The Morgan fingerprint density at radius 1 is 0.415 bits per heavy atom. The number of unbranched alkanes of at least 4 members (excludes halogenated alkanes) is 39. The van der Waals surface area contributed by atoms with Gasteiger partial charge in [-0.25, -0.2) is 0 Å². The number of aliphatic hydroxyl groups is 2. The van der Waals surface area contributed by atoms with Gasteiger partial charge in [-0.3, -0.25) is 9.59 Å². The molecule has 2 unspecified atom stereocenters. The van der Waals surface area contributed by atoms with E-state index in [1.165, 1.54) is 238 Å². The molecular weight excluding hydrogens is 803 g/mol. The van der Waals surface area contributed by atoms with Crippen LogP contribution >= 0.6 is 0 Å². The number of rotatable bonds is 54. The number of carbonyl (C=O) groups excluding carboxylic acids is 2. The summed E-state index contributed by atoms with van der Waals surface area (Å²) in [7, 11) is 0. The topological polar surface area (TPSA) is 95.9 Å². The third-order valence-electron chi connectivity index (χ3n) is 13.5. The molecule has 3 N–H and O–H groups in total. The van der Waals surface area contributed by atoms with Crippen molar-refractivity contribution in [3.05, 3.63) is 24.3 Å². The van der Waals surface area contributed by atoms with Gasteiger partial charge in [-0.2, -0.15) is 0 Å². The highest BCUT2D eigenvalue weighted by Gasteiger charge is 2.20. The smallest absolute Gasteiger partial charge is 0.305 e. The summed E-state index contributed by atoms with van der Waals surface area (Å²) >= 11 is 0. The Bertz CT molecular complexity index is 1010. The Morgan fingerprint density at radius 2 is 0.723 bits per heavy atom. The number of carbonyl (C=O) groups is 2. The van der Waals surface area contributed by atoms with Crippen LogP contribution in [0.3, 0.4) is 0 Å². The monoisotopic (exact) mass is 916 g/mol. The fraction of sp³-hybridized carbons (Fsp3) is 0.898. The van der Waals surface area contributed by atoms with Crippen molar-refractivity contribution in [2.45, 2.75) is 328 Å². The van der Waals surface area contributed by atoms with Gasteiger partial charge in [0.15, 0.2) is 0 Å². The largest absolute Gasteiger partial charge is 0.466 e. The molecule has 0 aliphatic carbocycles. The molecule has 0 saturated heterocycles. The van der Waals surface area contributed by atoms with E-state index in [0.29, 0.717) is 25.9 Å². The summed E-state index contributed by atoms with van der Waals surface area (Å²) in [6.45, 7) is 4.93. The molecule has 6 heteroatoms. The van der Waals surface area contributed by atoms with Crippen molar-refractivity contribution in [2.75, 3.05) is 13.2 Å². The van der Waals surface area contributed by atoms with E-state index >= 15 is 0 Å². The molecule has 0 aromatic rings. The summed E-state index contributed by atoms with van der Waals surface area (Å²) in [6, 6.07) is -0.544. The molecule has 0 aromatic heterocycles. The van der Waals surface area contributed by atoms with Crippen LogP contribution in [0.1, 0.15) is 316 Å². The van der Waals surface area contributed by atoms with Crippen molar-refractivity contribution in [3.8, 4) is 0 Å². The summed E-state index contributed by atoms with van der Waals surface area (Å²) in [5.41, 5.74) is 0. The zero-order valence-electron chi connectivity index (χ0n) is 43.7. The molecule has 0 rings (SSSR count). The average Bonchev–Trinajstić information content (AvgIpc) is 3.31. The van der Waals surface area contributed by atoms with E-state index in [-0.39, 0.29) is 18.5 Å². The minimum absolute atomic E-state index is 0.00354. The Labute approximate surface area is 405 Å². The van der Waals surface area contributed by atoms with Crippen LogP contribution in [-0.2, 0) is 14.3 Å². The van der Waals surface area contributed by atoms with Gasteiger partial charge in [0.25, 0.3) is 0 Å². The number of hydrogen-bond donors (Lipinski definition) is 3. The molecule has 0 radical (unpaired) electrons. The van der Waals surface area contributed by atoms with Crippen molar-refractivity contribution in [1.82, 2.24) is 5.32 Å². The van der Waals surface area contributed by atoms with Crippen molar-refractivity contribution in [1.29, 1.82) is 0 Å². The van der Waals surface area contributed by atoms with E-state index in [1.807, 2.05) is 0 Å². The van der Waals surface area contributed by atoms with Crippen LogP contribution in [-0.4, -0.2) is 47.4 Å². The highest BCUT2D eigenvalue weighted by Crippen LogP contribution is 2.17. The maximum absolute atomic E-state index is 12.4. The molecule has 2 atom stereocenters. The lowest BCUT2D eigenvalue weighted by atomic mass is 10.0. The number of aliphatic hydroxyl groups excluding tert-OH is 2.